The lowest BCUT2D eigenvalue weighted by molar-refractivity contribution is 0.0786. The number of carbonyl (C=O) groups excluding carboxylic acids is 2. The summed E-state index contributed by atoms with van der Waals surface area (Å²) in [6.07, 6.45) is 1.65. The fourth-order valence-corrected chi connectivity index (χ4v) is 3.55. The second-order valence-corrected chi connectivity index (χ2v) is 7.41. The number of rotatable bonds is 5. The SMILES string of the molecule is NC(=O)O[C@H]1CC[C@H](N(C(=O)NCc2ccccc2)c2ccc(Br)nn2)CC1. The highest BCUT2D eigenvalue weighted by Gasteiger charge is 2.32. The maximum atomic E-state index is 13.0. The van der Waals surface area contributed by atoms with E-state index in [0.717, 1.165) is 5.56 Å². The molecule has 1 aromatic carbocycles. The highest BCUT2D eigenvalue weighted by molar-refractivity contribution is 9.10. The predicted octanol–water partition coefficient (Wildman–Crippen LogP) is 3.36. The molecule has 1 aliphatic rings. The number of nitrogens with two attached hydrogens (primary N) is 1. The van der Waals surface area contributed by atoms with Gasteiger partial charge in [-0.3, -0.25) is 4.90 Å². The first-order chi connectivity index (χ1) is 13.5. The topological polar surface area (TPSA) is 110 Å². The molecule has 9 heteroatoms. The number of amides is 3. The third-order valence-corrected chi connectivity index (χ3v) is 5.08. The van der Waals surface area contributed by atoms with Gasteiger partial charge in [0.05, 0.1) is 0 Å². The number of nitrogens with zero attached hydrogens (tertiary/aromatic N) is 3. The van der Waals surface area contributed by atoms with E-state index in [1.165, 1.54) is 0 Å². The van der Waals surface area contributed by atoms with Crippen LogP contribution in [0.25, 0.3) is 0 Å². The Hall–Kier alpha value is -2.68. The lowest BCUT2D eigenvalue weighted by Crippen LogP contribution is -2.48. The highest BCUT2D eigenvalue weighted by atomic mass is 79.9. The highest BCUT2D eigenvalue weighted by Crippen LogP contribution is 2.28. The molecule has 0 saturated heterocycles. The van der Waals surface area contributed by atoms with Crippen LogP contribution in [0.5, 0.6) is 0 Å². The van der Waals surface area contributed by atoms with E-state index < -0.39 is 6.09 Å². The van der Waals surface area contributed by atoms with Gasteiger partial charge in [-0.2, -0.15) is 0 Å². The molecular weight excluding hydrogens is 426 g/mol. The largest absolute Gasteiger partial charge is 0.446 e. The lowest BCUT2D eigenvalue weighted by Gasteiger charge is -2.35. The summed E-state index contributed by atoms with van der Waals surface area (Å²) in [6, 6.07) is 12.9. The number of nitrogens with one attached hydrogen (secondary N) is 1. The monoisotopic (exact) mass is 447 g/mol. The molecule has 1 aliphatic carbocycles. The number of carbonyl (C=O) groups is 2. The van der Waals surface area contributed by atoms with Crippen LogP contribution < -0.4 is 16.0 Å². The van der Waals surface area contributed by atoms with Gasteiger partial charge in [0, 0.05) is 12.6 Å². The molecule has 0 unspecified atom stereocenters. The van der Waals surface area contributed by atoms with Crippen molar-refractivity contribution in [1.82, 2.24) is 15.5 Å². The maximum absolute atomic E-state index is 13.0. The number of aromatic nitrogens is 2. The standard InChI is InChI=1S/C19H22BrN5O3/c20-16-10-11-17(24-23-16)25(14-6-8-15(9-7-14)28-18(21)26)19(27)22-12-13-4-2-1-3-5-13/h1-5,10-11,14-15H,6-9,12H2,(H2,21,26)(H,22,27)/t14-,15-. The summed E-state index contributed by atoms with van der Waals surface area (Å²) < 4.78 is 5.69. The van der Waals surface area contributed by atoms with Crippen LogP contribution in [0.15, 0.2) is 47.1 Å². The third-order valence-electron chi connectivity index (χ3n) is 4.66. The van der Waals surface area contributed by atoms with E-state index in [1.807, 2.05) is 30.3 Å². The molecule has 0 aliphatic heterocycles. The molecule has 1 heterocycles. The zero-order valence-electron chi connectivity index (χ0n) is 15.3. The molecule has 0 atom stereocenters. The summed E-state index contributed by atoms with van der Waals surface area (Å²) in [7, 11) is 0. The number of hydrogen-bond acceptors (Lipinski definition) is 5. The zero-order valence-corrected chi connectivity index (χ0v) is 16.8. The zero-order chi connectivity index (χ0) is 19.9. The Bertz CT molecular complexity index is 795. The van der Waals surface area contributed by atoms with Crippen LogP contribution in [0.4, 0.5) is 15.4 Å². The van der Waals surface area contributed by atoms with E-state index >= 15 is 0 Å². The quantitative estimate of drug-likeness (QED) is 0.729. The van der Waals surface area contributed by atoms with Crippen molar-refractivity contribution in [3.8, 4) is 0 Å². The van der Waals surface area contributed by atoms with Crippen molar-refractivity contribution in [3.05, 3.63) is 52.6 Å². The minimum atomic E-state index is -0.764. The fourth-order valence-electron chi connectivity index (χ4n) is 3.34. The molecule has 1 saturated carbocycles. The van der Waals surface area contributed by atoms with Crippen LogP contribution in [0.3, 0.4) is 0 Å². The lowest BCUT2D eigenvalue weighted by atomic mass is 9.92. The number of anilines is 1. The molecule has 0 spiro atoms. The van der Waals surface area contributed by atoms with Gasteiger partial charge in [-0.15, -0.1) is 10.2 Å². The second-order valence-electron chi connectivity index (χ2n) is 6.60. The van der Waals surface area contributed by atoms with Gasteiger partial charge < -0.3 is 15.8 Å². The predicted molar refractivity (Wildman–Crippen MR) is 108 cm³/mol. The first-order valence-electron chi connectivity index (χ1n) is 9.09. The normalized spacial score (nSPS) is 18.9. The molecule has 2 aromatic rings. The Kier molecular flexibility index (Phi) is 6.80. The summed E-state index contributed by atoms with van der Waals surface area (Å²) in [5.41, 5.74) is 6.12. The molecular formula is C19H22BrN5O3. The van der Waals surface area contributed by atoms with Gasteiger partial charge in [-0.05, 0) is 59.3 Å². The minimum absolute atomic E-state index is 0.0704. The first kappa shape index (κ1) is 20.1. The van der Waals surface area contributed by atoms with E-state index in [0.29, 0.717) is 42.6 Å². The van der Waals surface area contributed by atoms with Crippen LogP contribution in [0, 0.1) is 0 Å². The van der Waals surface area contributed by atoms with Crippen molar-refractivity contribution >= 4 is 33.9 Å². The van der Waals surface area contributed by atoms with Crippen molar-refractivity contribution in [2.45, 2.75) is 44.4 Å². The smallest absolute Gasteiger partial charge is 0.404 e. The number of primary amides is 1. The van der Waals surface area contributed by atoms with Crippen molar-refractivity contribution < 1.29 is 14.3 Å². The first-order valence-corrected chi connectivity index (χ1v) is 9.88. The Balaban J connectivity index is 1.71. The molecule has 148 valence electrons. The van der Waals surface area contributed by atoms with Crippen molar-refractivity contribution in [3.63, 3.8) is 0 Å². The molecule has 1 fully saturated rings. The van der Waals surface area contributed by atoms with E-state index in [4.69, 9.17) is 10.5 Å². The Labute approximate surface area is 171 Å². The Morgan fingerprint density at radius 1 is 1.11 bits per heavy atom. The average molecular weight is 448 g/mol. The van der Waals surface area contributed by atoms with Gasteiger partial charge in [-0.1, -0.05) is 30.3 Å². The summed E-state index contributed by atoms with van der Waals surface area (Å²) >= 11 is 3.27. The van der Waals surface area contributed by atoms with Gasteiger partial charge in [0.15, 0.2) is 5.82 Å². The number of ether oxygens (including phenoxy) is 1. The second kappa shape index (κ2) is 9.50. The molecule has 3 amide bonds. The summed E-state index contributed by atoms with van der Waals surface area (Å²) in [5.74, 6) is 0.480. The van der Waals surface area contributed by atoms with Crippen molar-refractivity contribution in [2.24, 2.45) is 5.73 Å². The summed E-state index contributed by atoms with van der Waals surface area (Å²) in [4.78, 5) is 25.6. The molecule has 3 rings (SSSR count). The van der Waals surface area contributed by atoms with Crippen LogP contribution >= 0.6 is 15.9 Å². The van der Waals surface area contributed by atoms with E-state index in [2.05, 4.69) is 31.4 Å². The fraction of sp³-hybridized carbons (Fsp3) is 0.368. The van der Waals surface area contributed by atoms with Gasteiger partial charge in [0.2, 0.25) is 0 Å². The summed E-state index contributed by atoms with van der Waals surface area (Å²) in [5, 5.41) is 11.1. The number of urea groups is 1. The van der Waals surface area contributed by atoms with Gasteiger partial charge in [0.25, 0.3) is 0 Å². The Morgan fingerprint density at radius 3 is 2.43 bits per heavy atom. The maximum Gasteiger partial charge on any atom is 0.404 e. The van der Waals surface area contributed by atoms with Crippen LogP contribution in [0.1, 0.15) is 31.2 Å². The number of benzene rings is 1. The molecule has 0 bridgehead atoms. The van der Waals surface area contributed by atoms with Crippen LogP contribution in [0.2, 0.25) is 0 Å². The average Bonchev–Trinajstić information content (AvgIpc) is 2.70. The molecule has 8 nitrogen and oxygen atoms in total. The Morgan fingerprint density at radius 2 is 1.82 bits per heavy atom. The summed E-state index contributed by atoms with van der Waals surface area (Å²) in [6.45, 7) is 0.417. The molecule has 0 radical (unpaired) electrons. The van der Waals surface area contributed by atoms with Crippen molar-refractivity contribution in [2.75, 3.05) is 4.90 Å². The van der Waals surface area contributed by atoms with E-state index in [9.17, 15) is 9.59 Å². The van der Waals surface area contributed by atoms with Gasteiger partial charge in [-0.25, -0.2) is 9.59 Å². The number of hydrogen-bond donors (Lipinski definition) is 2. The number of halogens is 1. The minimum Gasteiger partial charge on any atom is -0.446 e. The molecule has 28 heavy (non-hydrogen) atoms. The van der Waals surface area contributed by atoms with Gasteiger partial charge >= 0.3 is 12.1 Å². The van der Waals surface area contributed by atoms with Crippen LogP contribution in [-0.4, -0.2) is 34.5 Å². The third kappa shape index (κ3) is 5.41. The molecule has 3 N–H and O–H groups in total. The van der Waals surface area contributed by atoms with E-state index in [1.54, 1.807) is 17.0 Å². The van der Waals surface area contributed by atoms with E-state index in [-0.39, 0.29) is 18.2 Å². The van der Waals surface area contributed by atoms with Crippen LogP contribution in [-0.2, 0) is 11.3 Å². The van der Waals surface area contributed by atoms with Gasteiger partial charge in [0.1, 0.15) is 10.7 Å². The van der Waals surface area contributed by atoms with Crippen molar-refractivity contribution in [1.29, 1.82) is 0 Å². The molecule has 1 aromatic heterocycles.